The van der Waals surface area contributed by atoms with E-state index in [1.807, 2.05) is 19.1 Å². The van der Waals surface area contributed by atoms with E-state index in [-0.39, 0.29) is 11.5 Å². The fraction of sp³-hybridized carbons (Fsp3) is 0.381. The van der Waals surface area contributed by atoms with E-state index in [0.29, 0.717) is 30.8 Å². The molecule has 2 aromatic rings. The lowest BCUT2D eigenvalue weighted by Gasteiger charge is -2.16. The number of phenolic OH excluding ortho intramolecular Hbond substituents is 1. The third-order valence-corrected chi connectivity index (χ3v) is 4.85. The molecule has 0 saturated carbocycles. The fourth-order valence-corrected chi connectivity index (χ4v) is 3.24. The highest BCUT2D eigenvalue weighted by molar-refractivity contribution is 6.62. The van der Waals surface area contributed by atoms with Crippen LogP contribution in [0.4, 0.5) is 4.39 Å². The van der Waals surface area contributed by atoms with Gasteiger partial charge in [-0.05, 0) is 59.7 Å². The molecular weight excluding hydrogens is 405 g/mol. The zero-order valence-electron chi connectivity index (χ0n) is 18.6. The summed E-state index contributed by atoms with van der Waals surface area (Å²) in [5.74, 6) is 0.786. The van der Waals surface area contributed by atoms with E-state index in [0.717, 1.165) is 23.0 Å². The molecular formula is C21H27B2FO7. The number of hydrogen-bond donors (Lipinski definition) is 3. The highest BCUT2D eigenvalue weighted by Crippen LogP contribution is 2.19. The molecule has 0 aliphatic carbocycles. The molecule has 166 valence electrons. The topological polar surface area (TPSA) is 105 Å². The van der Waals surface area contributed by atoms with Gasteiger partial charge in [-0.3, -0.25) is 9.18 Å². The van der Waals surface area contributed by atoms with E-state index < -0.39 is 27.5 Å². The number of carbonyl (C=O) groups is 1. The van der Waals surface area contributed by atoms with Crippen molar-refractivity contribution >= 4 is 30.9 Å². The normalized spacial score (nSPS) is 14.9. The van der Waals surface area contributed by atoms with Crippen molar-refractivity contribution in [2.45, 2.75) is 46.0 Å². The molecule has 0 bridgehead atoms. The molecule has 1 atom stereocenters. The molecule has 0 saturated heterocycles. The van der Waals surface area contributed by atoms with E-state index in [1.165, 1.54) is 13.0 Å². The van der Waals surface area contributed by atoms with Gasteiger partial charge in [0.05, 0.1) is 21.7 Å². The second kappa shape index (κ2) is 11.9. The van der Waals surface area contributed by atoms with Crippen LogP contribution in [0.2, 0.25) is 0 Å². The van der Waals surface area contributed by atoms with Crippen molar-refractivity contribution in [1.29, 1.82) is 0 Å². The van der Waals surface area contributed by atoms with Crippen molar-refractivity contribution in [3.8, 4) is 11.5 Å². The number of hydrogen-bond acceptors (Lipinski definition) is 7. The number of ketones is 1. The molecule has 0 aromatic heterocycles. The summed E-state index contributed by atoms with van der Waals surface area (Å²) in [4.78, 5) is 11.4. The number of carbonyl (C=O) groups excluding carboxylic acids is 1. The van der Waals surface area contributed by atoms with Gasteiger partial charge in [-0.1, -0.05) is 25.5 Å². The summed E-state index contributed by atoms with van der Waals surface area (Å²) in [6.45, 7) is 4.39. The van der Waals surface area contributed by atoms with Crippen LogP contribution in [0, 0.1) is 0 Å². The molecule has 2 aliphatic heterocycles. The Morgan fingerprint density at radius 2 is 1.71 bits per heavy atom. The third kappa shape index (κ3) is 6.54. The smallest absolute Gasteiger partial charge is 0.491 e. The van der Waals surface area contributed by atoms with Gasteiger partial charge >= 0.3 is 14.2 Å². The van der Waals surface area contributed by atoms with Gasteiger partial charge in [0.25, 0.3) is 0 Å². The van der Waals surface area contributed by atoms with Crippen molar-refractivity contribution in [3.05, 3.63) is 47.5 Å². The second-order valence-corrected chi connectivity index (χ2v) is 7.08. The molecule has 2 aliphatic rings. The monoisotopic (exact) mass is 433 g/mol. The Morgan fingerprint density at radius 3 is 2.26 bits per heavy atom. The molecule has 2 heterocycles. The SMILES string of the molecule is CCCC(Oc1ccc2c(c1)B(O)OC2)C(C)=O.OB1OCc2ccc(O)cc21.[2H]CF. The van der Waals surface area contributed by atoms with Crippen LogP contribution in [-0.4, -0.2) is 48.4 Å². The summed E-state index contributed by atoms with van der Waals surface area (Å²) < 4.78 is 31.2. The maximum Gasteiger partial charge on any atom is 0.491 e. The summed E-state index contributed by atoms with van der Waals surface area (Å²) >= 11 is 0. The predicted molar refractivity (Wildman–Crippen MR) is 116 cm³/mol. The maximum atomic E-state index is 11.4. The van der Waals surface area contributed by atoms with Crippen molar-refractivity contribution < 1.29 is 39.8 Å². The Bertz CT molecular complexity index is 902. The minimum absolute atomic E-state index is 0.0224. The molecule has 0 amide bonds. The average molecular weight is 433 g/mol. The molecule has 7 nitrogen and oxygen atoms in total. The van der Waals surface area contributed by atoms with Gasteiger partial charge in [0.1, 0.15) is 11.5 Å². The minimum atomic E-state index is -1.00. The fourth-order valence-electron chi connectivity index (χ4n) is 3.24. The van der Waals surface area contributed by atoms with Gasteiger partial charge in [-0.25, -0.2) is 0 Å². The number of fused-ring (bicyclic) bond motifs is 2. The number of Topliss-reactive ketones (excluding diaryl/α,β-unsaturated/α-hetero) is 1. The number of phenols is 1. The van der Waals surface area contributed by atoms with Gasteiger partial charge in [0, 0.05) is 0 Å². The van der Waals surface area contributed by atoms with Crippen LogP contribution < -0.4 is 15.7 Å². The van der Waals surface area contributed by atoms with E-state index in [9.17, 15) is 19.2 Å². The molecule has 4 rings (SSSR count). The molecule has 1 unspecified atom stereocenters. The lowest BCUT2D eigenvalue weighted by molar-refractivity contribution is -0.123. The van der Waals surface area contributed by atoms with E-state index in [1.54, 1.807) is 18.2 Å². The second-order valence-electron chi connectivity index (χ2n) is 7.08. The largest absolute Gasteiger partial charge is 0.508 e. The van der Waals surface area contributed by atoms with Crippen LogP contribution in [0.5, 0.6) is 11.5 Å². The van der Waals surface area contributed by atoms with Gasteiger partial charge in [0.2, 0.25) is 0 Å². The molecule has 0 spiro atoms. The number of ether oxygens (including phenoxy) is 1. The summed E-state index contributed by atoms with van der Waals surface area (Å²) in [5.41, 5.74) is 3.30. The Hall–Kier alpha value is -2.39. The molecule has 3 N–H and O–H groups in total. The molecule has 10 heteroatoms. The number of benzene rings is 2. The van der Waals surface area contributed by atoms with Gasteiger partial charge < -0.3 is 29.2 Å². The highest BCUT2D eigenvalue weighted by atomic mass is 19.1. The number of alkyl halides is 1. The van der Waals surface area contributed by atoms with Crippen LogP contribution >= 0.6 is 0 Å². The zero-order valence-corrected chi connectivity index (χ0v) is 17.6. The Labute approximate surface area is 183 Å². The van der Waals surface area contributed by atoms with Gasteiger partial charge in [-0.2, -0.15) is 0 Å². The highest BCUT2D eigenvalue weighted by Gasteiger charge is 2.28. The molecule has 0 fully saturated rings. The van der Waals surface area contributed by atoms with Crippen LogP contribution in [-0.2, 0) is 27.3 Å². The number of rotatable bonds is 5. The van der Waals surface area contributed by atoms with Crippen LogP contribution in [0.25, 0.3) is 0 Å². The Kier molecular flexibility index (Phi) is 8.90. The minimum Gasteiger partial charge on any atom is -0.508 e. The maximum absolute atomic E-state index is 11.4. The first-order valence-electron chi connectivity index (χ1n) is 10.6. The summed E-state index contributed by atoms with van der Waals surface area (Å²) in [6, 6.07) is 10.3. The van der Waals surface area contributed by atoms with Gasteiger partial charge in [-0.15, -0.1) is 0 Å². The van der Waals surface area contributed by atoms with Crippen molar-refractivity contribution in [2.75, 3.05) is 7.15 Å². The van der Waals surface area contributed by atoms with Gasteiger partial charge in [0.15, 0.2) is 11.9 Å². The van der Waals surface area contributed by atoms with Crippen molar-refractivity contribution in [2.24, 2.45) is 0 Å². The summed E-state index contributed by atoms with van der Waals surface area (Å²) in [6.07, 6.45) is 1.18. The summed E-state index contributed by atoms with van der Waals surface area (Å²) in [7, 11) is -2.75. The van der Waals surface area contributed by atoms with E-state index in [2.05, 4.69) is 0 Å². The van der Waals surface area contributed by atoms with Crippen LogP contribution in [0.3, 0.4) is 0 Å². The number of halogens is 1. The summed E-state index contributed by atoms with van der Waals surface area (Å²) in [5, 5.41) is 27.8. The van der Waals surface area contributed by atoms with E-state index >= 15 is 0 Å². The first-order chi connectivity index (χ1) is 15.3. The van der Waals surface area contributed by atoms with Crippen molar-refractivity contribution in [1.82, 2.24) is 0 Å². The average Bonchev–Trinajstić information content (AvgIpc) is 3.31. The number of aromatic hydroxyl groups is 1. The quantitative estimate of drug-likeness (QED) is 0.610. The van der Waals surface area contributed by atoms with E-state index in [4.69, 9.17) is 20.5 Å². The van der Waals surface area contributed by atoms with Crippen LogP contribution in [0.1, 0.15) is 39.2 Å². The standard InChI is InChI=1S/C13H17BO4.C7H7BO3.CH3F/c1-3-4-13(9(2)15)18-11-6-5-10-8-17-14(16)12(10)7-11;9-6-2-1-5-4-11-8(10)7(5)3-6;1-2/h5-7,13,16H,3-4,8H2,1-2H3;1-3,9-10H,4H2;1H3/i;;1D. The zero-order chi connectivity index (χ0) is 23.7. The Balaban J connectivity index is 0.000000220. The lowest BCUT2D eigenvalue weighted by Crippen LogP contribution is -2.29. The first kappa shape index (κ1) is 23.3. The Morgan fingerprint density at radius 1 is 1.16 bits per heavy atom. The third-order valence-electron chi connectivity index (χ3n) is 4.85. The molecule has 31 heavy (non-hydrogen) atoms. The lowest BCUT2D eigenvalue weighted by atomic mass is 9.79. The first-order valence-corrected chi connectivity index (χ1v) is 9.86. The predicted octanol–water partition coefficient (Wildman–Crippen LogP) is 1.24. The molecule has 0 radical (unpaired) electrons. The van der Waals surface area contributed by atoms with Crippen LogP contribution in [0.15, 0.2) is 36.4 Å². The molecule has 2 aromatic carbocycles. The van der Waals surface area contributed by atoms with Crippen molar-refractivity contribution in [3.63, 3.8) is 0 Å².